The maximum Gasteiger partial charge on any atom is 0.353 e. The molecular weight excluding hydrogens is 326 g/mol. The molecule has 0 spiro atoms. The Labute approximate surface area is 115 Å². The number of hydrogen-bond donors (Lipinski definition) is 1. The zero-order valence-corrected chi connectivity index (χ0v) is 13.1. The highest BCUT2D eigenvalue weighted by Gasteiger charge is 2.52. The summed E-state index contributed by atoms with van der Waals surface area (Å²) in [6, 6.07) is 0. The normalized spacial score (nSPS) is 50.6. The molecule has 1 N–H and O–H groups in total. The zero-order valence-electron chi connectivity index (χ0n) is 9.90. The number of alkyl halides is 1. The molecule has 5 unspecified atom stereocenters. The first kappa shape index (κ1) is 14.1. The van der Waals surface area contributed by atoms with Gasteiger partial charge in [-0.3, -0.25) is 4.57 Å². The number of halogens is 2. The van der Waals surface area contributed by atoms with Gasteiger partial charge in [-0.25, -0.2) is 0 Å². The number of fused-ring (bicyclic) bond motifs is 1. The molecule has 98 valence electrons. The Balaban J connectivity index is 2.42. The number of rotatable bonds is 1. The largest absolute Gasteiger partial charge is 0.353 e. The zero-order chi connectivity index (χ0) is 12.8. The maximum absolute atomic E-state index is 11.6. The average molecular weight is 344 g/mol. The summed E-state index contributed by atoms with van der Waals surface area (Å²) in [6.45, 7) is 4.29. The highest BCUT2D eigenvalue weighted by molar-refractivity contribution is 9.10. The molecule has 0 amide bonds. The van der Waals surface area contributed by atoms with Gasteiger partial charge in [-0.2, -0.15) is 0 Å². The lowest BCUT2D eigenvalue weighted by molar-refractivity contribution is 0.0526. The van der Waals surface area contributed by atoms with Crippen LogP contribution >= 0.6 is 35.1 Å². The van der Waals surface area contributed by atoms with Crippen LogP contribution in [0.25, 0.3) is 0 Å². The average Bonchev–Trinajstić information content (AvgIpc) is 2.21. The smallest absolute Gasteiger partial charge is 0.321 e. The Hall–Kier alpha value is 0.660. The van der Waals surface area contributed by atoms with Crippen molar-refractivity contribution in [1.29, 1.82) is 0 Å². The third-order valence-electron chi connectivity index (χ3n) is 4.00. The van der Waals surface area contributed by atoms with Crippen LogP contribution in [0.1, 0.15) is 33.1 Å². The third kappa shape index (κ3) is 2.40. The van der Waals surface area contributed by atoms with Gasteiger partial charge >= 0.3 is 7.60 Å². The summed E-state index contributed by atoms with van der Waals surface area (Å²) in [5.41, 5.74) is 0. The molecular formula is C11H17BrClO3P. The minimum absolute atomic E-state index is 0.0212. The van der Waals surface area contributed by atoms with Crippen molar-refractivity contribution in [2.45, 2.75) is 43.5 Å². The Kier molecular flexibility index (Phi) is 3.85. The monoisotopic (exact) mass is 342 g/mol. The van der Waals surface area contributed by atoms with E-state index in [9.17, 15) is 9.46 Å². The van der Waals surface area contributed by atoms with Gasteiger partial charge in [-0.15, -0.1) is 0 Å². The lowest BCUT2D eigenvalue weighted by Crippen LogP contribution is -2.49. The van der Waals surface area contributed by atoms with E-state index in [4.69, 9.17) is 16.1 Å². The van der Waals surface area contributed by atoms with Crippen LogP contribution in [-0.2, 0) is 9.09 Å². The second-order valence-corrected chi connectivity index (χ2v) is 8.47. The Morgan fingerprint density at radius 2 is 2.35 bits per heavy atom. The van der Waals surface area contributed by atoms with Gasteiger partial charge in [-0.1, -0.05) is 41.4 Å². The molecule has 17 heavy (non-hydrogen) atoms. The topological polar surface area (TPSA) is 46.5 Å². The molecule has 0 radical (unpaired) electrons. The van der Waals surface area contributed by atoms with E-state index in [0.717, 1.165) is 19.3 Å². The van der Waals surface area contributed by atoms with Gasteiger partial charge in [0, 0.05) is 21.1 Å². The molecule has 2 aliphatic rings. The van der Waals surface area contributed by atoms with Gasteiger partial charge in [0.15, 0.2) is 0 Å². The Morgan fingerprint density at radius 1 is 1.71 bits per heavy atom. The van der Waals surface area contributed by atoms with E-state index in [1.165, 1.54) is 5.82 Å². The summed E-state index contributed by atoms with van der Waals surface area (Å²) >= 11 is 10.0. The van der Waals surface area contributed by atoms with Crippen LogP contribution in [0, 0.1) is 11.8 Å². The van der Waals surface area contributed by atoms with Crippen LogP contribution in [0.15, 0.2) is 10.8 Å². The lowest BCUT2D eigenvalue weighted by atomic mass is 9.69. The van der Waals surface area contributed by atoms with Crippen molar-refractivity contribution in [1.82, 2.24) is 0 Å². The summed E-state index contributed by atoms with van der Waals surface area (Å²) in [7, 11) is -3.63. The van der Waals surface area contributed by atoms with Crippen molar-refractivity contribution in [2.24, 2.45) is 11.8 Å². The first-order valence-corrected chi connectivity index (χ1v) is 8.70. The van der Waals surface area contributed by atoms with Crippen LogP contribution in [0.2, 0.25) is 0 Å². The standard InChI is InChI=1S/C11H17BrClO3P/c1-3-11(12)7(2)4-5-9-10(11)8(13)6-17(14,15)16-9/h6-7,9-10H,3-5H2,1-2H3,(H,14,15). The fourth-order valence-electron chi connectivity index (χ4n) is 2.99. The highest BCUT2D eigenvalue weighted by atomic mass is 79.9. The summed E-state index contributed by atoms with van der Waals surface area (Å²) in [5.74, 6) is 1.64. The van der Waals surface area contributed by atoms with Gasteiger partial charge in [0.05, 0.1) is 6.10 Å². The molecule has 2 rings (SSSR count). The molecule has 0 aromatic carbocycles. The molecule has 5 atom stereocenters. The molecule has 0 aromatic rings. The van der Waals surface area contributed by atoms with E-state index in [-0.39, 0.29) is 16.3 Å². The predicted molar refractivity (Wildman–Crippen MR) is 72.5 cm³/mol. The Morgan fingerprint density at radius 3 is 2.94 bits per heavy atom. The van der Waals surface area contributed by atoms with Crippen molar-refractivity contribution >= 4 is 35.1 Å². The first-order valence-electron chi connectivity index (χ1n) is 5.88. The van der Waals surface area contributed by atoms with E-state index in [1.807, 2.05) is 0 Å². The molecule has 1 fully saturated rings. The Bertz CT molecular complexity index is 400. The van der Waals surface area contributed by atoms with E-state index < -0.39 is 7.60 Å². The quantitative estimate of drug-likeness (QED) is 0.572. The highest BCUT2D eigenvalue weighted by Crippen LogP contribution is 2.61. The fourth-order valence-corrected chi connectivity index (χ4v) is 5.74. The van der Waals surface area contributed by atoms with Crippen LogP contribution < -0.4 is 0 Å². The van der Waals surface area contributed by atoms with Gasteiger partial charge in [0.25, 0.3) is 0 Å². The summed E-state index contributed by atoms with van der Waals surface area (Å²) in [5, 5.41) is 0.470. The van der Waals surface area contributed by atoms with Crippen molar-refractivity contribution in [3.63, 3.8) is 0 Å². The predicted octanol–water partition coefficient (Wildman–Crippen LogP) is 4.24. The van der Waals surface area contributed by atoms with E-state index in [2.05, 4.69) is 29.8 Å². The van der Waals surface area contributed by atoms with Crippen LogP contribution in [0.4, 0.5) is 0 Å². The molecule has 1 aliphatic heterocycles. The third-order valence-corrected chi connectivity index (χ3v) is 7.51. The van der Waals surface area contributed by atoms with Crippen LogP contribution in [0.3, 0.4) is 0 Å². The molecule has 1 heterocycles. The lowest BCUT2D eigenvalue weighted by Gasteiger charge is -2.49. The van der Waals surface area contributed by atoms with Gasteiger partial charge in [0.2, 0.25) is 0 Å². The van der Waals surface area contributed by atoms with Crippen molar-refractivity contribution in [3.05, 3.63) is 10.8 Å². The first-order chi connectivity index (χ1) is 7.80. The van der Waals surface area contributed by atoms with E-state index >= 15 is 0 Å². The molecule has 0 bridgehead atoms. The summed E-state index contributed by atoms with van der Waals surface area (Å²) < 4.78 is 16.8. The molecule has 3 nitrogen and oxygen atoms in total. The number of hydrogen-bond acceptors (Lipinski definition) is 2. The molecule has 6 heteroatoms. The minimum Gasteiger partial charge on any atom is -0.321 e. The van der Waals surface area contributed by atoms with Crippen molar-refractivity contribution in [2.75, 3.05) is 0 Å². The second kappa shape index (κ2) is 4.64. The van der Waals surface area contributed by atoms with Gasteiger partial charge < -0.3 is 9.42 Å². The fraction of sp³-hybridized carbons (Fsp3) is 0.818. The molecule has 0 saturated heterocycles. The molecule has 1 saturated carbocycles. The summed E-state index contributed by atoms with van der Waals surface area (Å²) in [6.07, 6.45) is 2.43. The molecule has 0 aromatic heterocycles. The SMILES string of the molecule is CCC1(Br)C(C)CCC2OP(=O)(O)C=C(Cl)C21. The van der Waals surface area contributed by atoms with Crippen LogP contribution in [0.5, 0.6) is 0 Å². The van der Waals surface area contributed by atoms with Crippen molar-refractivity contribution < 1.29 is 14.0 Å². The van der Waals surface area contributed by atoms with Gasteiger partial charge in [-0.05, 0) is 25.2 Å². The van der Waals surface area contributed by atoms with Gasteiger partial charge in [0.1, 0.15) is 0 Å². The summed E-state index contributed by atoms with van der Waals surface area (Å²) in [4.78, 5) is 9.55. The van der Waals surface area contributed by atoms with Crippen LogP contribution in [-0.4, -0.2) is 15.3 Å². The van der Waals surface area contributed by atoms with E-state index in [1.54, 1.807) is 0 Å². The maximum atomic E-state index is 11.6. The van der Waals surface area contributed by atoms with E-state index in [0.29, 0.717) is 11.0 Å². The minimum atomic E-state index is -3.63. The second-order valence-electron chi connectivity index (χ2n) is 4.96. The molecule has 1 aliphatic carbocycles. The van der Waals surface area contributed by atoms with Crippen molar-refractivity contribution in [3.8, 4) is 0 Å².